The van der Waals surface area contributed by atoms with E-state index >= 15 is 0 Å². The van der Waals surface area contributed by atoms with Crippen molar-refractivity contribution in [1.29, 1.82) is 0 Å². The van der Waals surface area contributed by atoms with Crippen molar-refractivity contribution in [2.75, 3.05) is 13.1 Å². The van der Waals surface area contributed by atoms with Gasteiger partial charge in [-0.05, 0) is 6.92 Å². The Morgan fingerprint density at radius 3 is 2.79 bits per heavy atom. The number of carbonyl (C=O) groups excluding carboxylic acids is 1. The van der Waals surface area contributed by atoms with Gasteiger partial charge in [-0.2, -0.15) is 5.10 Å². The molecule has 1 rings (SSSR count). The third-order valence-corrected chi connectivity index (χ3v) is 2.66. The number of carboxylic acid groups (broad SMARTS) is 1. The zero-order valence-electron chi connectivity index (χ0n) is 10.9. The summed E-state index contributed by atoms with van der Waals surface area (Å²) in [6, 6.07) is -0.511. The fourth-order valence-corrected chi connectivity index (χ4v) is 1.47. The molecule has 0 aliphatic rings. The van der Waals surface area contributed by atoms with E-state index in [0.29, 0.717) is 0 Å². The Morgan fingerprint density at radius 2 is 2.32 bits per heavy atom. The summed E-state index contributed by atoms with van der Waals surface area (Å²) in [7, 11) is 1.80. The number of urea groups is 1. The number of hydrogen-bond donors (Lipinski definition) is 2. The zero-order valence-corrected chi connectivity index (χ0v) is 10.9. The Bertz CT molecular complexity index is 516. The highest BCUT2D eigenvalue weighted by Gasteiger charge is 2.15. The lowest BCUT2D eigenvalue weighted by Gasteiger charge is -2.18. The summed E-state index contributed by atoms with van der Waals surface area (Å²) in [5, 5.41) is 15.4. The normalized spacial score (nSPS) is 9.74. The average Bonchev–Trinajstić information content (AvgIpc) is 2.66. The van der Waals surface area contributed by atoms with Gasteiger partial charge in [-0.15, -0.1) is 6.42 Å². The molecule has 0 fully saturated rings. The molecule has 0 radical (unpaired) electrons. The molecule has 0 aliphatic carbocycles. The molecule has 2 amide bonds. The Labute approximate surface area is 111 Å². The number of amides is 2. The quantitative estimate of drug-likeness (QED) is 0.730. The highest BCUT2D eigenvalue weighted by Crippen LogP contribution is 2.04. The lowest BCUT2D eigenvalue weighted by Crippen LogP contribution is -2.42. The molecule has 0 spiro atoms. The second-order valence-corrected chi connectivity index (χ2v) is 3.99. The van der Waals surface area contributed by atoms with Gasteiger partial charge in [0, 0.05) is 24.8 Å². The molecule has 19 heavy (non-hydrogen) atoms. The zero-order chi connectivity index (χ0) is 14.4. The number of nitrogens with zero attached hydrogens (tertiary/aromatic N) is 3. The van der Waals surface area contributed by atoms with Crippen molar-refractivity contribution in [3.05, 3.63) is 17.5 Å². The Hall–Kier alpha value is -2.49. The van der Waals surface area contributed by atoms with Crippen LogP contribution in [-0.4, -0.2) is 44.9 Å². The highest BCUT2D eigenvalue weighted by atomic mass is 16.4. The van der Waals surface area contributed by atoms with Crippen LogP contribution in [0.3, 0.4) is 0 Å². The number of aromatic nitrogens is 2. The number of terminal acetylenes is 1. The molecule has 1 heterocycles. The van der Waals surface area contributed by atoms with Gasteiger partial charge in [0.05, 0.1) is 12.7 Å². The number of aliphatic carboxylic acids is 1. The van der Waals surface area contributed by atoms with Gasteiger partial charge in [0.25, 0.3) is 0 Å². The summed E-state index contributed by atoms with van der Waals surface area (Å²) in [5.74, 6) is 1.14. The molecule has 0 unspecified atom stereocenters. The molecule has 0 saturated carbocycles. The first-order chi connectivity index (χ1) is 8.95. The molecule has 0 atom stereocenters. The third kappa shape index (κ3) is 4.03. The van der Waals surface area contributed by atoms with E-state index in [-0.39, 0.29) is 13.1 Å². The summed E-state index contributed by atoms with van der Waals surface area (Å²) < 4.78 is 1.69. The standard InChI is InChI=1S/C12H16N4O3/c1-4-5-16(8-11(17)18)12(19)13-6-10-7-14-15(3)9(10)2/h1,7H,5-6,8H2,2-3H3,(H,13,19)(H,17,18). The largest absolute Gasteiger partial charge is 0.480 e. The van der Waals surface area contributed by atoms with E-state index < -0.39 is 18.5 Å². The van der Waals surface area contributed by atoms with Crippen LogP contribution in [0, 0.1) is 19.3 Å². The summed E-state index contributed by atoms with van der Waals surface area (Å²) in [5.41, 5.74) is 1.80. The van der Waals surface area contributed by atoms with Crippen LogP contribution in [0.1, 0.15) is 11.3 Å². The molecular weight excluding hydrogens is 248 g/mol. The molecule has 0 saturated heterocycles. The van der Waals surface area contributed by atoms with Gasteiger partial charge in [0.2, 0.25) is 0 Å². The maximum absolute atomic E-state index is 11.8. The highest BCUT2D eigenvalue weighted by molar-refractivity contribution is 5.80. The molecule has 0 aromatic carbocycles. The number of hydrogen-bond acceptors (Lipinski definition) is 3. The van der Waals surface area contributed by atoms with Crippen LogP contribution in [-0.2, 0) is 18.4 Å². The first kappa shape index (κ1) is 14.6. The van der Waals surface area contributed by atoms with Crippen molar-refractivity contribution in [2.24, 2.45) is 7.05 Å². The van der Waals surface area contributed by atoms with Crippen LogP contribution in [0.25, 0.3) is 0 Å². The second kappa shape index (κ2) is 6.44. The molecule has 7 heteroatoms. The van der Waals surface area contributed by atoms with E-state index in [1.807, 2.05) is 6.92 Å². The monoisotopic (exact) mass is 264 g/mol. The lowest BCUT2D eigenvalue weighted by atomic mass is 10.2. The Balaban J connectivity index is 2.60. The van der Waals surface area contributed by atoms with E-state index in [0.717, 1.165) is 16.2 Å². The summed E-state index contributed by atoms with van der Waals surface area (Å²) in [6.45, 7) is 1.68. The SMILES string of the molecule is C#CCN(CC(=O)O)C(=O)NCc1cnn(C)c1C. The van der Waals surface area contributed by atoms with E-state index in [9.17, 15) is 9.59 Å². The van der Waals surface area contributed by atoms with Gasteiger partial charge in [-0.25, -0.2) is 4.79 Å². The van der Waals surface area contributed by atoms with Crippen LogP contribution in [0.4, 0.5) is 4.79 Å². The molecule has 7 nitrogen and oxygen atoms in total. The van der Waals surface area contributed by atoms with E-state index in [4.69, 9.17) is 11.5 Å². The molecule has 2 N–H and O–H groups in total. The van der Waals surface area contributed by atoms with Gasteiger partial charge in [0.15, 0.2) is 0 Å². The fourth-order valence-electron chi connectivity index (χ4n) is 1.47. The maximum atomic E-state index is 11.8. The lowest BCUT2D eigenvalue weighted by molar-refractivity contribution is -0.137. The van der Waals surface area contributed by atoms with Gasteiger partial charge < -0.3 is 15.3 Å². The van der Waals surface area contributed by atoms with Crippen LogP contribution in [0.5, 0.6) is 0 Å². The first-order valence-electron chi connectivity index (χ1n) is 5.61. The number of rotatable bonds is 5. The van der Waals surface area contributed by atoms with Gasteiger partial charge in [-0.1, -0.05) is 5.92 Å². The first-order valence-corrected chi connectivity index (χ1v) is 5.61. The van der Waals surface area contributed by atoms with Gasteiger partial charge >= 0.3 is 12.0 Å². The van der Waals surface area contributed by atoms with Crippen LogP contribution in [0.2, 0.25) is 0 Å². The molecule has 1 aromatic rings. The molecule has 0 bridgehead atoms. The van der Waals surface area contributed by atoms with E-state index in [1.165, 1.54) is 0 Å². The minimum Gasteiger partial charge on any atom is -0.480 e. The molecule has 1 aromatic heterocycles. The number of nitrogens with one attached hydrogen (secondary N) is 1. The van der Waals surface area contributed by atoms with Gasteiger partial charge in [-0.3, -0.25) is 9.48 Å². The Morgan fingerprint density at radius 1 is 1.63 bits per heavy atom. The van der Waals surface area contributed by atoms with E-state index in [2.05, 4.69) is 16.3 Å². The number of carbonyl (C=O) groups is 2. The van der Waals surface area contributed by atoms with Crippen molar-refractivity contribution in [2.45, 2.75) is 13.5 Å². The van der Waals surface area contributed by atoms with Crippen molar-refractivity contribution >= 4 is 12.0 Å². The summed E-state index contributed by atoms with van der Waals surface area (Å²) in [6.07, 6.45) is 6.75. The van der Waals surface area contributed by atoms with E-state index in [1.54, 1.807) is 17.9 Å². The predicted molar refractivity (Wildman–Crippen MR) is 68.2 cm³/mol. The summed E-state index contributed by atoms with van der Waals surface area (Å²) in [4.78, 5) is 23.5. The Kier molecular flexibility index (Phi) is 4.94. The van der Waals surface area contributed by atoms with Crippen LogP contribution in [0.15, 0.2) is 6.20 Å². The fraction of sp³-hybridized carbons (Fsp3) is 0.417. The predicted octanol–water partition coefficient (Wildman–Crippen LogP) is -0.0421. The minimum atomic E-state index is -1.11. The molecule has 0 aliphatic heterocycles. The van der Waals surface area contributed by atoms with Crippen LogP contribution < -0.4 is 5.32 Å². The number of aryl methyl sites for hydroxylation is 1. The third-order valence-electron chi connectivity index (χ3n) is 2.66. The van der Waals surface area contributed by atoms with Crippen molar-refractivity contribution in [3.8, 4) is 12.3 Å². The smallest absolute Gasteiger partial charge is 0.323 e. The van der Waals surface area contributed by atoms with Crippen LogP contribution >= 0.6 is 0 Å². The molecule has 102 valence electrons. The maximum Gasteiger partial charge on any atom is 0.323 e. The van der Waals surface area contributed by atoms with Crippen molar-refractivity contribution < 1.29 is 14.7 Å². The topological polar surface area (TPSA) is 87.5 Å². The summed E-state index contributed by atoms with van der Waals surface area (Å²) >= 11 is 0. The second-order valence-electron chi connectivity index (χ2n) is 3.99. The van der Waals surface area contributed by atoms with Crippen molar-refractivity contribution in [3.63, 3.8) is 0 Å². The molecular formula is C12H16N4O3. The minimum absolute atomic E-state index is 0.0514. The van der Waals surface area contributed by atoms with Gasteiger partial charge in [0.1, 0.15) is 6.54 Å². The average molecular weight is 264 g/mol. The number of carboxylic acids is 1. The van der Waals surface area contributed by atoms with Crippen molar-refractivity contribution in [1.82, 2.24) is 20.0 Å².